The van der Waals surface area contributed by atoms with Gasteiger partial charge in [0.15, 0.2) is 0 Å². The Kier molecular flexibility index (Phi) is 3.06. The van der Waals surface area contributed by atoms with E-state index in [1.54, 1.807) is 0 Å². The first-order chi connectivity index (χ1) is 7.11. The topological polar surface area (TPSA) is 12.9 Å². The van der Waals surface area contributed by atoms with E-state index in [0.29, 0.717) is 11.8 Å². The predicted octanol–water partition coefficient (Wildman–Crippen LogP) is 4.05. The Labute approximate surface area is 96.7 Å². The minimum Gasteiger partial charge on any atom is -0.261 e. The van der Waals surface area contributed by atoms with Crippen molar-refractivity contribution in [2.45, 2.75) is 44.4 Å². The van der Waals surface area contributed by atoms with Gasteiger partial charge in [-0.2, -0.15) is 0 Å². The fourth-order valence-corrected chi connectivity index (χ4v) is 3.70. The number of aromatic nitrogens is 1. The highest BCUT2D eigenvalue weighted by Gasteiger charge is 2.29. The summed E-state index contributed by atoms with van der Waals surface area (Å²) in [5.74, 6) is 3.20. The Morgan fingerprint density at radius 3 is 2.67 bits per heavy atom. The quantitative estimate of drug-likeness (QED) is 0.747. The molecule has 1 nitrogen and oxygen atoms in total. The van der Waals surface area contributed by atoms with Crippen molar-refractivity contribution in [2.75, 3.05) is 5.75 Å². The molecule has 2 heterocycles. The van der Waals surface area contributed by atoms with E-state index in [9.17, 15) is 0 Å². The molecule has 0 amide bonds. The summed E-state index contributed by atoms with van der Waals surface area (Å²) in [5.41, 5.74) is 2.85. The summed E-state index contributed by atoms with van der Waals surface area (Å²) < 4.78 is 0. The molecule has 0 fully saturated rings. The van der Waals surface area contributed by atoms with E-state index in [1.807, 2.05) is 18.0 Å². The van der Waals surface area contributed by atoms with Gasteiger partial charge >= 0.3 is 0 Å². The predicted molar refractivity (Wildman–Crippen MR) is 66.6 cm³/mol. The molecule has 15 heavy (non-hydrogen) atoms. The number of rotatable bonds is 2. The lowest BCUT2D eigenvalue weighted by Crippen LogP contribution is -2.10. The van der Waals surface area contributed by atoms with Gasteiger partial charge in [-0.1, -0.05) is 27.7 Å². The third-order valence-electron chi connectivity index (χ3n) is 3.12. The van der Waals surface area contributed by atoms with Crippen LogP contribution in [0.4, 0.5) is 0 Å². The minimum atomic E-state index is 0.542. The molecule has 2 heteroatoms. The van der Waals surface area contributed by atoms with Crippen LogP contribution < -0.4 is 0 Å². The highest BCUT2D eigenvalue weighted by Crippen LogP contribution is 2.45. The van der Waals surface area contributed by atoms with E-state index in [1.165, 1.54) is 21.9 Å². The second-order valence-corrected chi connectivity index (χ2v) is 5.99. The van der Waals surface area contributed by atoms with E-state index in [-0.39, 0.29) is 0 Å². The molecule has 0 spiro atoms. The van der Waals surface area contributed by atoms with Gasteiger partial charge in [-0.15, -0.1) is 11.8 Å². The number of pyridine rings is 1. The van der Waals surface area contributed by atoms with Crippen LogP contribution in [0.5, 0.6) is 0 Å². The van der Waals surface area contributed by atoms with Crippen LogP contribution in [0.3, 0.4) is 0 Å². The van der Waals surface area contributed by atoms with Gasteiger partial charge in [-0.25, -0.2) is 0 Å². The van der Waals surface area contributed by atoms with Gasteiger partial charge in [0.2, 0.25) is 0 Å². The zero-order valence-corrected chi connectivity index (χ0v) is 10.8. The Morgan fingerprint density at radius 1 is 1.33 bits per heavy atom. The molecule has 0 N–H and O–H groups in total. The zero-order valence-electron chi connectivity index (χ0n) is 9.95. The minimum absolute atomic E-state index is 0.542. The van der Waals surface area contributed by atoms with Gasteiger partial charge in [-0.05, 0) is 29.4 Å². The number of hydrogen-bond acceptors (Lipinski definition) is 2. The fraction of sp³-hybridized carbons (Fsp3) is 0.615. The summed E-state index contributed by atoms with van der Waals surface area (Å²) >= 11 is 2.00. The Hall–Kier alpha value is -0.500. The highest BCUT2D eigenvalue weighted by molar-refractivity contribution is 7.99. The van der Waals surface area contributed by atoms with E-state index < -0.39 is 0 Å². The molecule has 1 aromatic heterocycles. The van der Waals surface area contributed by atoms with Crippen LogP contribution in [-0.2, 0) is 0 Å². The molecule has 0 aliphatic carbocycles. The van der Waals surface area contributed by atoms with Crippen molar-refractivity contribution >= 4 is 11.8 Å². The second-order valence-electron chi connectivity index (χ2n) is 4.92. The van der Waals surface area contributed by atoms with Crippen LogP contribution >= 0.6 is 11.8 Å². The lowest BCUT2D eigenvalue weighted by Gasteiger charge is -2.19. The molecule has 2 rings (SSSR count). The smallest absolute Gasteiger partial charge is 0.0475 e. The van der Waals surface area contributed by atoms with Crippen LogP contribution in [0.2, 0.25) is 0 Å². The van der Waals surface area contributed by atoms with Crippen molar-refractivity contribution < 1.29 is 0 Å². The van der Waals surface area contributed by atoms with Gasteiger partial charge in [0.1, 0.15) is 0 Å². The van der Waals surface area contributed by atoms with Crippen molar-refractivity contribution in [1.82, 2.24) is 4.98 Å². The SMILES string of the molecule is CC(C)c1nccc2c1C(C(C)C)CS2. The number of fused-ring (bicyclic) bond motifs is 1. The third kappa shape index (κ3) is 1.92. The molecule has 0 radical (unpaired) electrons. The standard InChI is InChI=1S/C13H19NS/c1-8(2)10-7-15-11-5-6-14-13(9(3)4)12(10)11/h5-6,8-10H,7H2,1-4H3. The van der Waals surface area contributed by atoms with Gasteiger partial charge in [-0.3, -0.25) is 4.98 Å². The number of hydrogen-bond donors (Lipinski definition) is 0. The summed E-state index contributed by atoms with van der Waals surface area (Å²) in [6.45, 7) is 9.11. The maximum Gasteiger partial charge on any atom is 0.0475 e. The molecule has 0 saturated heterocycles. The van der Waals surface area contributed by atoms with Crippen molar-refractivity contribution in [3.63, 3.8) is 0 Å². The number of thioether (sulfide) groups is 1. The van der Waals surface area contributed by atoms with Gasteiger partial charge in [0.25, 0.3) is 0 Å². The van der Waals surface area contributed by atoms with Crippen LogP contribution in [0.15, 0.2) is 17.2 Å². The third-order valence-corrected chi connectivity index (χ3v) is 4.31. The molecule has 0 aromatic carbocycles. The normalized spacial score (nSPS) is 20.0. The Bertz CT molecular complexity index is 358. The molecular formula is C13H19NS. The van der Waals surface area contributed by atoms with Crippen molar-refractivity contribution in [3.05, 3.63) is 23.5 Å². The van der Waals surface area contributed by atoms with Gasteiger partial charge in [0.05, 0.1) is 0 Å². The van der Waals surface area contributed by atoms with E-state index in [0.717, 1.165) is 5.92 Å². The molecule has 1 aliphatic rings. The second kappa shape index (κ2) is 4.17. The molecule has 0 saturated carbocycles. The van der Waals surface area contributed by atoms with Crippen molar-refractivity contribution in [1.29, 1.82) is 0 Å². The Balaban J connectivity index is 2.48. The summed E-state index contributed by atoms with van der Waals surface area (Å²) in [7, 11) is 0. The van der Waals surface area contributed by atoms with E-state index in [2.05, 4.69) is 38.7 Å². The summed E-state index contributed by atoms with van der Waals surface area (Å²) in [6, 6.07) is 2.17. The van der Waals surface area contributed by atoms with Crippen molar-refractivity contribution in [3.8, 4) is 0 Å². The Morgan fingerprint density at radius 2 is 2.07 bits per heavy atom. The largest absolute Gasteiger partial charge is 0.261 e. The molecule has 82 valence electrons. The summed E-state index contributed by atoms with van der Waals surface area (Å²) in [4.78, 5) is 6.03. The molecule has 0 bridgehead atoms. The van der Waals surface area contributed by atoms with Crippen LogP contribution in [-0.4, -0.2) is 10.7 Å². The first-order valence-electron chi connectivity index (χ1n) is 5.72. The molecular weight excluding hydrogens is 202 g/mol. The maximum absolute atomic E-state index is 4.57. The molecule has 1 unspecified atom stereocenters. The lowest BCUT2D eigenvalue weighted by molar-refractivity contribution is 0.533. The summed E-state index contributed by atoms with van der Waals surface area (Å²) in [6.07, 6.45) is 1.96. The average molecular weight is 221 g/mol. The van der Waals surface area contributed by atoms with Gasteiger partial charge in [0, 0.05) is 22.5 Å². The molecule has 1 aliphatic heterocycles. The van der Waals surface area contributed by atoms with E-state index >= 15 is 0 Å². The highest BCUT2D eigenvalue weighted by atomic mass is 32.2. The number of nitrogens with zero attached hydrogens (tertiary/aromatic N) is 1. The van der Waals surface area contributed by atoms with Crippen molar-refractivity contribution in [2.24, 2.45) is 5.92 Å². The molecule has 1 aromatic rings. The summed E-state index contributed by atoms with van der Waals surface area (Å²) in [5, 5.41) is 0. The van der Waals surface area contributed by atoms with Crippen LogP contribution in [0, 0.1) is 5.92 Å². The van der Waals surface area contributed by atoms with Gasteiger partial charge < -0.3 is 0 Å². The average Bonchev–Trinajstić information content (AvgIpc) is 2.60. The first-order valence-corrected chi connectivity index (χ1v) is 6.71. The zero-order chi connectivity index (χ0) is 11.0. The lowest BCUT2D eigenvalue weighted by atomic mass is 9.87. The fourth-order valence-electron chi connectivity index (χ4n) is 2.22. The maximum atomic E-state index is 4.57. The first kappa shape index (κ1) is 11.0. The molecule has 1 atom stereocenters. The van der Waals surface area contributed by atoms with E-state index in [4.69, 9.17) is 0 Å². The van der Waals surface area contributed by atoms with Crippen LogP contribution in [0.25, 0.3) is 0 Å². The van der Waals surface area contributed by atoms with Crippen LogP contribution in [0.1, 0.15) is 50.8 Å². The monoisotopic (exact) mass is 221 g/mol.